The molecule has 0 atom stereocenters. The Morgan fingerprint density at radius 3 is 2.56 bits per heavy atom. The van der Waals surface area contributed by atoms with Crippen LogP contribution in [-0.2, 0) is 12.8 Å². The third kappa shape index (κ3) is 3.74. The molecular weight excluding hydrogens is 310 g/mol. The zero-order valence-corrected chi connectivity index (χ0v) is 15.3. The van der Waals surface area contributed by atoms with Gasteiger partial charge in [-0.15, -0.1) is 0 Å². The number of ether oxygens (including phenoxy) is 1. The van der Waals surface area contributed by atoms with Crippen molar-refractivity contribution in [1.82, 2.24) is 14.7 Å². The van der Waals surface area contributed by atoms with Crippen LogP contribution in [0.4, 0.5) is 0 Å². The SMILES string of the molecule is Cc1nn(-c2ccc(OCCCN3CCCC3)cc2)c2c1CCCC2. The topological polar surface area (TPSA) is 30.3 Å². The second-order valence-electron chi connectivity index (χ2n) is 7.37. The molecular formula is C21H29N3O. The predicted octanol–water partition coefficient (Wildman–Crippen LogP) is 3.92. The number of fused-ring (bicyclic) bond motifs is 1. The highest BCUT2D eigenvalue weighted by molar-refractivity contribution is 5.41. The second-order valence-corrected chi connectivity index (χ2v) is 7.37. The maximum absolute atomic E-state index is 5.92. The third-order valence-electron chi connectivity index (χ3n) is 5.55. The molecule has 0 radical (unpaired) electrons. The van der Waals surface area contributed by atoms with E-state index >= 15 is 0 Å². The number of hydrogen-bond donors (Lipinski definition) is 0. The molecule has 0 bridgehead atoms. The Morgan fingerprint density at radius 2 is 1.76 bits per heavy atom. The number of rotatable bonds is 6. The van der Waals surface area contributed by atoms with Gasteiger partial charge in [-0.2, -0.15) is 5.10 Å². The monoisotopic (exact) mass is 339 g/mol. The van der Waals surface area contributed by atoms with Crippen LogP contribution in [0, 0.1) is 6.92 Å². The van der Waals surface area contributed by atoms with Crippen molar-refractivity contribution >= 4 is 0 Å². The van der Waals surface area contributed by atoms with Gasteiger partial charge in [0.25, 0.3) is 0 Å². The molecule has 0 saturated carbocycles. The summed E-state index contributed by atoms with van der Waals surface area (Å²) in [6, 6.07) is 8.43. The number of nitrogens with zero attached hydrogens (tertiary/aromatic N) is 3. The molecule has 2 heterocycles. The van der Waals surface area contributed by atoms with Gasteiger partial charge in [0.05, 0.1) is 18.0 Å². The lowest BCUT2D eigenvalue weighted by atomic mass is 9.96. The van der Waals surface area contributed by atoms with Gasteiger partial charge in [-0.1, -0.05) is 0 Å². The van der Waals surface area contributed by atoms with Crippen LogP contribution in [0.25, 0.3) is 5.69 Å². The summed E-state index contributed by atoms with van der Waals surface area (Å²) in [6.45, 7) is 6.63. The van der Waals surface area contributed by atoms with E-state index in [1.54, 1.807) is 0 Å². The Labute approximate surface area is 150 Å². The summed E-state index contributed by atoms with van der Waals surface area (Å²) in [7, 11) is 0. The number of likely N-dealkylation sites (tertiary alicyclic amines) is 1. The zero-order valence-electron chi connectivity index (χ0n) is 15.3. The van der Waals surface area contributed by atoms with Crippen molar-refractivity contribution in [2.24, 2.45) is 0 Å². The van der Waals surface area contributed by atoms with Crippen molar-refractivity contribution in [2.45, 2.75) is 51.9 Å². The van der Waals surface area contributed by atoms with Crippen LogP contribution in [0.1, 0.15) is 49.1 Å². The van der Waals surface area contributed by atoms with Crippen LogP contribution in [0.15, 0.2) is 24.3 Å². The first-order valence-electron chi connectivity index (χ1n) is 9.84. The zero-order chi connectivity index (χ0) is 17.1. The van der Waals surface area contributed by atoms with Crippen LogP contribution in [0.5, 0.6) is 5.75 Å². The molecule has 4 heteroatoms. The van der Waals surface area contributed by atoms with Gasteiger partial charge in [0.1, 0.15) is 5.75 Å². The van der Waals surface area contributed by atoms with Crippen molar-refractivity contribution in [1.29, 1.82) is 0 Å². The fourth-order valence-electron chi connectivity index (χ4n) is 4.17. The smallest absolute Gasteiger partial charge is 0.119 e. The molecule has 0 unspecified atom stereocenters. The lowest BCUT2D eigenvalue weighted by Gasteiger charge is -2.15. The van der Waals surface area contributed by atoms with Gasteiger partial charge in [-0.25, -0.2) is 4.68 Å². The fourth-order valence-corrected chi connectivity index (χ4v) is 4.17. The fraction of sp³-hybridized carbons (Fsp3) is 0.571. The predicted molar refractivity (Wildman–Crippen MR) is 101 cm³/mol. The lowest BCUT2D eigenvalue weighted by Crippen LogP contribution is -2.21. The van der Waals surface area contributed by atoms with Crippen molar-refractivity contribution in [3.8, 4) is 11.4 Å². The van der Waals surface area contributed by atoms with E-state index < -0.39 is 0 Å². The minimum absolute atomic E-state index is 0.798. The summed E-state index contributed by atoms with van der Waals surface area (Å²) in [4.78, 5) is 2.54. The van der Waals surface area contributed by atoms with Gasteiger partial charge < -0.3 is 9.64 Å². The molecule has 134 valence electrons. The van der Waals surface area contributed by atoms with Crippen LogP contribution >= 0.6 is 0 Å². The first-order chi connectivity index (χ1) is 12.3. The normalized spacial score (nSPS) is 17.6. The molecule has 2 aliphatic rings. The Morgan fingerprint density at radius 1 is 1.00 bits per heavy atom. The van der Waals surface area contributed by atoms with Crippen molar-refractivity contribution in [3.05, 3.63) is 41.2 Å². The van der Waals surface area contributed by atoms with Gasteiger partial charge in [-0.05, 0) is 94.8 Å². The van der Waals surface area contributed by atoms with Crippen molar-refractivity contribution < 1.29 is 4.74 Å². The van der Waals surface area contributed by atoms with Crippen LogP contribution in [0.3, 0.4) is 0 Å². The van der Waals surface area contributed by atoms with E-state index in [1.807, 2.05) is 0 Å². The summed E-state index contributed by atoms with van der Waals surface area (Å²) < 4.78 is 8.06. The largest absolute Gasteiger partial charge is 0.494 e. The molecule has 2 aromatic rings. The van der Waals surface area contributed by atoms with E-state index in [4.69, 9.17) is 9.84 Å². The van der Waals surface area contributed by atoms with Crippen LogP contribution in [0.2, 0.25) is 0 Å². The molecule has 0 amide bonds. The summed E-state index contributed by atoms with van der Waals surface area (Å²) in [5, 5.41) is 4.78. The van der Waals surface area contributed by atoms with Crippen LogP contribution < -0.4 is 4.74 Å². The first kappa shape index (κ1) is 16.6. The number of benzene rings is 1. The summed E-state index contributed by atoms with van der Waals surface area (Å²) in [6.07, 6.45) is 8.72. The van der Waals surface area contributed by atoms with E-state index in [9.17, 15) is 0 Å². The molecule has 1 aromatic heterocycles. The Hall–Kier alpha value is -1.81. The molecule has 0 spiro atoms. The highest BCUT2D eigenvalue weighted by Gasteiger charge is 2.19. The molecule has 1 aliphatic heterocycles. The Balaban J connectivity index is 1.35. The van der Waals surface area contributed by atoms with Gasteiger partial charge in [0.2, 0.25) is 0 Å². The summed E-state index contributed by atoms with van der Waals surface area (Å²) >= 11 is 0. The Bertz CT molecular complexity index is 699. The molecule has 1 aromatic carbocycles. The molecule has 1 fully saturated rings. The van der Waals surface area contributed by atoms with E-state index in [2.05, 4.69) is 40.8 Å². The quantitative estimate of drug-likeness (QED) is 0.747. The van der Waals surface area contributed by atoms with Gasteiger partial charge >= 0.3 is 0 Å². The van der Waals surface area contributed by atoms with E-state index in [0.717, 1.165) is 37.4 Å². The minimum Gasteiger partial charge on any atom is -0.494 e. The highest BCUT2D eigenvalue weighted by atomic mass is 16.5. The molecule has 0 N–H and O–H groups in total. The van der Waals surface area contributed by atoms with Gasteiger partial charge in [0.15, 0.2) is 0 Å². The standard InChI is InChI=1S/C21H29N3O/c1-17-20-7-2-3-8-21(20)24(22-17)18-9-11-19(12-10-18)25-16-6-15-23-13-4-5-14-23/h9-12H,2-8,13-16H2,1H3. The van der Waals surface area contributed by atoms with Crippen molar-refractivity contribution in [2.75, 3.05) is 26.2 Å². The number of aryl methyl sites for hydroxylation is 1. The van der Waals surface area contributed by atoms with Crippen LogP contribution in [-0.4, -0.2) is 40.9 Å². The highest BCUT2D eigenvalue weighted by Crippen LogP contribution is 2.27. The lowest BCUT2D eigenvalue weighted by molar-refractivity contribution is 0.263. The number of aromatic nitrogens is 2. The third-order valence-corrected chi connectivity index (χ3v) is 5.55. The summed E-state index contributed by atoms with van der Waals surface area (Å²) in [5.41, 5.74) is 5.21. The molecule has 1 aliphatic carbocycles. The molecule has 4 rings (SSSR count). The Kier molecular flexibility index (Phi) is 5.07. The number of hydrogen-bond acceptors (Lipinski definition) is 3. The van der Waals surface area contributed by atoms with E-state index in [1.165, 1.54) is 62.1 Å². The maximum atomic E-state index is 5.92. The van der Waals surface area contributed by atoms with Gasteiger partial charge in [-0.3, -0.25) is 0 Å². The average Bonchev–Trinajstić information content (AvgIpc) is 3.28. The molecule has 4 nitrogen and oxygen atoms in total. The first-order valence-corrected chi connectivity index (χ1v) is 9.84. The minimum atomic E-state index is 0.798. The van der Waals surface area contributed by atoms with Gasteiger partial charge in [0, 0.05) is 12.2 Å². The second kappa shape index (κ2) is 7.61. The van der Waals surface area contributed by atoms with E-state index in [-0.39, 0.29) is 0 Å². The summed E-state index contributed by atoms with van der Waals surface area (Å²) in [5.74, 6) is 0.961. The molecule has 1 saturated heterocycles. The molecule has 25 heavy (non-hydrogen) atoms. The average molecular weight is 339 g/mol. The van der Waals surface area contributed by atoms with E-state index in [0.29, 0.717) is 0 Å². The van der Waals surface area contributed by atoms with Crippen molar-refractivity contribution in [3.63, 3.8) is 0 Å². The maximum Gasteiger partial charge on any atom is 0.119 e.